The molecule has 1 heterocycles. The molecule has 1 aromatic carbocycles. The molecule has 1 aliphatic carbocycles. The molecular weight excluding hydrogens is 337 g/mol. The average Bonchev–Trinajstić information content (AvgIpc) is 3.24. The maximum atomic E-state index is 12.0. The normalized spacial score (nSPS) is 14.7. The summed E-state index contributed by atoms with van der Waals surface area (Å²) in [5.74, 6) is -0.213. The Kier molecular flexibility index (Phi) is 5.14. The highest BCUT2D eigenvalue weighted by Gasteiger charge is 2.45. The molecule has 0 saturated heterocycles. The van der Waals surface area contributed by atoms with E-state index in [1.807, 2.05) is 18.2 Å². The molecule has 5 nitrogen and oxygen atoms in total. The number of benzene rings is 1. The van der Waals surface area contributed by atoms with Gasteiger partial charge in [0.05, 0.1) is 17.8 Å². The number of hydrogen-bond acceptors (Lipinski definition) is 3. The van der Waals surface area contributed by atoms with E-state index >= 15 is 0 Å². The highest BCUT2D eigenvalue weighted by molar-refractivity contribution is 6.31. The fourth-order valence-corrected chi connectivity index (χ4v) is 2.35. The first kappa shape index (κ1) is 17.5. The number of aromatic nitrogens is 1. The maximum Gasteiger partial charge on any atom is 0.250 e. The summed E-state index contributed by atoms with van der Waals surface area (Å²) in [6.07, 6.45) is 2.99. The van der Waals surface area contributed by atoms with Gasteiger partial charge in [-0.2, -0.15) is 0 Å². The van der Waals surface area contributed by atoms with Crippen molar-refractivity contribution in [3.05, 3.63) is 63.5 Å². The van der Waals surface area contributed by atoms with E-state index in [0.29, 0.717) is 30.1 Å². The number of nitrogens with zero attached hydrogens (tertiary/aromatic N) is 1. The molecule has 7 heteroatoms. The van der Waals surface area contributed by atoms with Gasteiger partial charge < -0.3 is 15.6 Å². The molecule has 0 unspecified atom stereocenters. The Bertz CT molecular complexity index is 785. The zero-order valence-corrected chi connectivity index (χ0v) is 13.9. The molecule has 1 fully saturated rings. The van der Waals surface area contributed by atoms with E-state index < -0.39 is 5.54 Å². The van der Waals surface area contributed by atoms with Crippen LogP contribution in [0.1, 0.15) is 18.4 Å². The minimum Gasteiger partial charge on any atom is -0.323 e. The van der Waals surface area contributed by atoms with Crippen molar-refractivity contribution >= 4 is 35.6 Å². The predicted molar refractivity (Wildman–Crippen MR) is 93.3 cm³/mol. The topological polar surface area (TPSA) is 77.1 Å². The number of rotatable bonds is 4. The summed E-state index contributed by atoms with van der Waals surface area (Å²) in [6, 6.07) is 10.3. The van der Waals surface area contributed by atoms with E-state index in [1.54, 1.807) is 18.3 Å². The monoisotopic (exact) mass is 353 g/mol. The predicted octanol–water partition coefficient (Wildman–Crippen LogP) is 2.40. The van der Waals surface area contributed by atoms with Crippen LogP contribution in [-0.4, -0.2) is 16.0 Å². The lowest BCUT2D eigenvalue weighted by Crippen LogP contribution is -2.38. The minimum absolute atomic E-state index is 0. The van der Waals surface area contributed by atoms with Gasteiger partial charge in [-0.3, -0.25) is 9.59 Å². The van der Waals surface area contributed by atoms with Gasteiger partial charge in [0.1, 0.15) is 0 Å². The molecule has 1 aliphatic rings. The quantitative estimate of drug-likeness (QED) is 0.885. The van der Waals surface area contributed by atoms with Crippen molar-refractivity contribution < 1.29 is 4.79 Å². The number of hydrogen-bond donors (Lipinski definition) is 2. The highest BCUT2D eigenvalue weighted by atomic mass is 35.5. The number of carbonyl (C=O) groups is 1. The minimum atomic E-state index is -0.746. The molecule has 0 aliphatic heterocycles. The fourth-order valence-electron chi connectivity index (χ4n) is 2.16. The summed E-state index contributed by atoms with van der Waals surface area (Å²) in [5.41, 5.74) is 6.33. The Morgan fingerprint density at radius 3 is 2.61 bits per heavy atom. The van der Waals surface area contributed by atoms with Gasteiger partial charge in [-0.25, -0.2) is 0 Å². The smallest absolute Gasteiger partial charge is 0.250 e. The fraction of sp³-hybridized carbons (Fsp3) is 0.250. The summed E-state index contributed by atoms with van der Waals surface area (Å²) < 4.78 is 1.51. The lowest BCUT2D eigenvalue weighted by molar-refractivity contribution is -0.118. The lowest BCUT2D eigenvalue weighted by Gasteiger charge is -2.12. The second kappa shape index (κ2) is 6.74. The number of nitrogens with one attached hydrogen (secondary N) is 1. The van der Waals surface area contributed by atoms with E-state index in [2.05, 4.69) is 5.32 Å². The third-order valence-electron chi connectivity index (χ3n) is 3.78. The second-order valence-corrected chi connectivity index (χ2v) is 5.99. The van der Waals surface area contributed by atoms with Gasteiger partial charge in [0.15, 0.2) is 0 Å². The largest absolute Gasteiger partial charge is 0.323 e. The Labute approximate surface area is 144 Å². The van der Waals surface area contributed by atoms with Crippen LogP contribution < -0.4 is 16.6 Å². The molecule has 1 amide bonds. The molecule has 1 aromatic heterocycles. The van der Waals surface area contributed by atoms with Crippen LogP contribution in [0.3, 0.4) is 0 Å². The van der Waals surface area contributed by atoms with Crippen molar-refractivity contribution in [2.24, 2.45) is 5.73 Å². The van der Waals surface area contributed by atoms with Gasteiger partial charge in [0.25, 0.3) is 5.56 Å². The van der Waals surface area contributed by atoms with Crippen LogP contribution in [0.5, 0.6) is 0 Å². The maximum absolute atomic E-state index is 12.0. The van der Waals surface area contributed by atoms with Crippen molar-refractivity contribution in [1.29, 1.82) is 0 Å². The molecule has 1 saturated carbocycles. The SMILES string of the molecule is Cl.NC1(C(=O)Nc2ccc(=O)n(Cc3ccccc3Cl)c2)CC1. The standard InChI is InChI=1S/C16H16ClN3O2.ClH/c17-13-4-2-1-3-11(13)9-20-10-12(5-6-14(20)21)19-15(22)16(18)7-8-16;/h1-6,10H,7-9,18H2,(H,19,22);1H. The second-order valence-electron chi connectivity index (χ2n) is 5.59. The molecule has 0 spiro atoms. The zero-order valence-electron chi connectivity index (χ0n) is 12.3. The first-order valence-corrected chi connectivity index (χ1v) is 7.40. The highest BCUT2D eigenvalue weighted by Crippen LogP contribution is 2.33. The average molecular weight is 354 g/mol. The number of carbonyl (C=O) groups excluding carboxylic acids is 1. The van der Waals surface area contributed by atoms with E-state index in [9.17, 15) is 9.59 Å². The van der Waals surface area contributed by atoms with Crippen molar-refractivity contribution in [3.63, 3.8) is 0 Å². The third-order valence-corrected chi connectivity index (χ3v) is 4.15. The molecule has 23 heavy (non-hydrogen) atoms. The van der Waals surface area contributed by atoms with Gasteiger partial charge in [0.2, 0.25) is 5.91 Å². The number of pyridine rings is 1. The van der Waals surface area contributed by atoms with Crippen molar-refractivity contribution in [1.82, 2.24) is 4.57 Å². The Morgan fingerprint density at radius 2 is 1.96 bits per heavy atom. The molecule has 2 aromatic rings. The number of anilines is 1. The molecule has 0 radical (unpaired) electrons. The van der Waals surface area contributed by atoms with Gasteiger partial charge >= 0.3 is 0 Å². The molecule has 3 N–H and O–H groups in total. The van der Waals surface area contributed by atoms with Gasteiger partial charge in [-0.05, 0) is 30.5 Å². The van der Waals surface area contributed by atoms with Gasteiger partial charge in [0, 0.05) is 17.3 Å². The summed E-state index contributed by atoms with van der Waals surface area (Å²) in [5, 5.41) is 3.36. The summed E-state index contributed by atoms with van der Waals surface area (Å²) >= 11 is 6.12. The van der Waals surface area contributed by atoms with Crippen molar-refractivity contribution in [2.75, 3.05) is 5.32 Å². The summed E-state index contributed by atoms with van der Waals surface area (Å²) in [7, 11) is 0. The van der Waals surface area contributed by atoms with E-state index in [0.717, 1.165) is 5.56 Å². The van der Waals surface area contributed by atoms with E-state index in [1.165, 1.54) is 10.6 Å². The van der Waals surface area contributed by atoms with Crippen LogP contribution in [0.25, 0.3) is 0 Å². The van der Waals surface area contributed by atoms with E-state index in [4.69, 9.17) is 17.3 Å². The van der Waals surface area contributed by atoms with E-state index in [-0.39, 0.29) is 23.9 Å². The Balaban J connectivity index is 0.00000192. The van der Waals surface area contributed by atoms with Crippen LogP contribution in [-0.2, 0) is 11.3 Å². The molecular formula is C16H17Cl2N3O2. The van der Waals surface area contributed by atoms with Gasteiger partial charge in [-0.15, -0.1) is 12.4 Å². The van der Waals surface area contributed by atoms with Crippen LogP contribution in [0, 0.1) is 0 Å². The zero-order chi connectivity index (χ0) is 15.7. The summed E-state index contributed by atoms with van der Waals surface area (Å²) in [6.45, 7) is 0.343. The van der Waals surface area contributed by atoms with Crippen molar-refractivity contribution in [2.45, 2.75) is 24.9 Å². The molecule has 0 bridgehead atoms. The van der Waals surface area contributed by atoms with Crippen LogP contribution >= 0.6 is 24.0 Å². The third kappa shape index (κ3) is 3.93. The summed E-state index contributed by atoms with van der Waals surface area (Å²) in [4.78, 5) is 23.9. The molecule has 122 valence electrons. The van der Waals surface area contributed by atoms with Crippen LogP contribution in [0.15, 0.2) is 47.4 Å². The van der Waals surface area contributed by atoms with Crippen LogP contribution in [0.4, 0.5) is 5.69 Å². The molecule has 3 rings (SSSR count). The van der Waals surface area contributed by atoms with Crippen molar-refractivity contribution in [3.8, 4) is 0 Å². The van der Waals surface area contributed by atoms with Crippen LogP contribution in [0.2, 0.25) is 5.02 Å². The Morgan fingerprint density at radius 1 is 1.26 bits per heavy atom. The first-order chi connectivity index (χ1) is 10.5. The molecule has 0 atom stereocenters. The lowest BCUT2D eigenvalue weighted by atomic mass is 10.2. The number of halogens is 2. The Hall–Kier alpha value is -1.82. The first-order valence-electron chi connectivity index (χ1n) is 7.02. The van der Waals surface area contributed by atoms with Gasteiger partial charge in [-0.1, -0.05) is 29.8 Å². The number of nitrogens with two attached hydrogens (primary N) is 1. The number of amides is 1.